The second-order valence-corrected chi connectivity index (χ2v) is 8.97. The van der Waals surface area contributed by atoms with E-state index in [2.05, 4.69) is 0 Å². The molecule has 1 N–H and O–H groups in total. The number of aryl methyl sites for hydroxylation is 1. The van der Waals surface area contributed by atoms with E-state index in [1.54, 1.807) is 54.6 Å². The number of hydrogen-bond acceptors (Lipinski definition) is 5. The predicted molar refractivity (Wildman–Crippen MR) is 133 cm³/mol. The van der Waals surface area contributed by atoms with Crippen molar-refractivity contribution in [1.29, 1.82) is 0 Å². The number of anilines is 1. The van der Waals surface area contributed by atoms with Crippen LogP contribution in [0.4, 0.5) is 5.69 Å². The van der Waals surface area contributed by atoms with Gasteiger partial charge in [0.25, 0.3) is 5.56 Å². The van der Waals surface area contributed by atoms with Crippen LogP contribution in [-0.4, -0.2) is 29.0 Å². The normalized spacial score (nSPS) is 12.9. The Morgan fingerprint density at radius 1 is 1.03 bits per heavy atom. The molecule has 0 fully saturated rings. The van der Waals surface area contributed by atoms with Crippen LogP contribution in [0, 0.1) is 0 Å². The Bertz CT molecular complexity index is 1550. The van der Waals surface area contributed by atoms with Crippen molar-refractivity contribution in [2.75, 3.05) is 4.31 Å². The van der Waals surface area contributed by atoms with Crippen molar-refractivity contribution in [2.24, 2.45) is 7.05 Å². The van der Waals surface area contributed by atoms with Crippen LogP contribution in [-0.2, 0) is 23.1 Å². The molecule has 0 aliphatic rings. The minimum atomic E-state index is -3.02. The van der Waals surface area contributed by atoms with Crippen molar-refractivity contribution in [3.05, 3.63) is 98.7 Å². The van der Waals surface area contributed by atoms with Gasteiger partial charge in [0.1, 0.15) is 6.17 Å². The Balaban J connectivity index is 1.87. The lowest BCUT2D eigenvalue weighted by molar-refractivity contribution is -0.137. The number of aliphatic carboxylic acids is 1. The average molecular weight is 513 g/mol. The fourth-order valence-electron chi connectivity index (χ4n) is 3.93. The van der Waals surface area contributed by atoms with Gasteiger partial charge in [0.2, 0.25) is 0 Å². The molecule has 11 heteroatoms. The fraction of sp³-hybridized carbons (Fsp3) is 0.125. The molecule has 0 saturated heterocycles. The van der Waals surface area contributed by atoms with E-state index in [0.717, 1.165) is 15.4 Å². The molecular weight excluding hydrogens is 494 g/mol. The van der Waals surface area contributed by atoms with Crippen LogP contribution in [0.2, 0.25) is 5.02 Å². The van der Waals surface area contributed by atoms with Gasteiger partial charge in [-0.15, -0.1) is 0 Å². The Hall–Kier alpha value is -3.73. The number of rotatable bonds is 7. The third-order valence-corrected chi connectivity index (χ3v) is 6.62. The topological polar surface area (TPSA) is 125 Å². The molecule has 4 aromatic rings. The third kappa shape index (κ3) is 4.76. The molecule has 3 aromatic carbocycles. The molecule has 180 valence electrons. The first-order valence-corrected chi connectivity index (χ1v) is 11.8. The highest BCUT2D eigenvalue weighted by molar-refractivity contribution is 7.80. The molecule has 9 nitrogen and oxygen atoms in total. The molecule has 1 heterocycles. The average Bonchev–Trinajstić information content (AvgIpc) is 2.83. The lowest BCUT2D eigenvalue weighted by atomic mass is 10.1. The van der Waals surface area contributed by atoms with Crippen LogP contribution in [0.25, 0.3) is 22.0 Å². The Kier molecular flexibility index (Phi) is 6.88. The van der Waals surface area contributed by atoms with Crippen LogP contribution in [0.5, 0.6) is 0 Å². The standard InChI is InChI=1S/C24H20ClN3O6S/c1-26-20-5-3-2-4-19(20)23(31)27(24(26)32)21(14-22(29)30)28(35(33)34)18-12-8-16(9-13-18)15-6-10-17(25)11-7-15/h2-13,21H,14H2,1H3,(H,29,30)(H,33,34)/p-1. The van der Waals surface area contributed by atoms with E-state index in [4.69, 9.17) is 11.6 Å². The molecule has 0 bridgehead atoms. The maximum Gasteiger partial charge on any atom is 0.332 e. The summed E-state index contributed by atoms with van der Waals surface area (Å²) in [7, 11) is 1.43. The monoisotopic (exact) mass is 512 g/mol. The van der Waals surface area contributed by atoms with Gasteiger partial charge >= 0.3 is 11.7 Å². The maximum absolute atomic E-state index is 13.3. The number of nitrogens with zero attached hydrogens (tertiary/aromatic N) is 3. The van der Waals surface area contributed by atoms with Gasteiger partial charge in [0.05, 0.1) is 23.0 Å². The lowest BCUT2D eigenvalue weighted by Crippen LogP contribution is -2.48. The number of aromatic nitrogens is 2. The molecule has 1 aromatic heterocycles. The molecule has 0 spiro atoms. The SMILES string of the molecule is Cn1c(=O)n(C(CC(=O)O)N(c2ccc(-c3ccc(Cl)cc3)cc2)S(=O)[O-])c(=O)c2ccccc21. The zero-order valence-electron chi connectivity index (χ0n) is 18.3. The Morgan fingerprint density at radius 3 is 2.17 bits per heavy atom. The summed E-state index contributed by atoms with van der Waals surface area (Å²) in [6.07, 6.45) is -2.46. The first-order valence-electron chi connectivity index (χ1n) is 10.4. The summed E-state index contributed by atoms with van der Waals surface area (Å²) < 4.78 is 27.3. The van der Waals surface area contributed by atoms with E-state index >= 15 is 0 Å². The van der Waals surface area contributed by atoms with Gasteiger partial charge in [-0.05, 0) is 47.5 Å². The van der Waals surface area contributed by atoms with E-state index in [0.29, 0.717) is 15.1 Å². The molecule has 2 unspecified atom stereocenters. The minimum absolute atomic E-state index is 0.0874. The Morgan fingerprint density at radius 2 is 1.60 bits per heavy atom. The number of para-hydroxylation sites is 1. The van der Waals surface area contributed by atoms with Crippen molar-refractivity contribution < 1.29 is 18.7 Å². The summed E-state index contributed by atoms with van der Waals surface area (Å²) in [5.74, 6) is -1.38. The van der Waals surface area contributed by atoms with Crippen molar-refractivity contribution in [3.63, 3.8) is 0 Å². The molecule has 0 aliphatic heterocycles. The second kappa shape index (κ2) is 9.87. The predicted octanol–water partition coefficient (Wildman–Crippen LogP) is 3.29. The van der Waals surface area contributed by atoms with Gasteiger partial charge in [-0.1, -0.05) is 48.0 Å². The molecule has 0 aliphatic carbocycles. The summed E-state index contributed by atoms with van der Waals surface area (Å²) in [5.41, 5.74) is 0.392. The van der Waals surface area contributed by atoms with Gasteiger partial charge in [-0.2, -0.15) is 0 Å². The highest BCUT2D eigenvalue weighted by Gasteiger charge is 2.29. The van der Waals surface area contributed by atoms with E-state index in [-0.39, 0.29) is 11.1 Å². The maximum atomic E-state index is 13.3. The van der Waals surface area contributed by atoms with Crippen LogP contribution < -0.4 is 15.6 Å². The molecule has 35 heavy (non-hydrogen) atoms. The number of halogens is 1. The number of hydrogen-bond donors (Lipinski definition) is 1. The van der Waals surface area contributed by atoms with Gasteiger partial charge in [-0.25, -0.2) is 9.36 Å². The number of carboxylic acids is 1. The van der Waals surface area contributed by atoms with E-state index in [1.807, 2.05) is 0 Å². The molecular formula is C24H19ClN3O6S-. The summed E-state index contributed by atoms with van der Waals surface area (Å²) in [6, 6.07) is 19.6. The fourth-order valence-corrected chi connectivity index (χ4v) is 4.71. The van der Waals surface area contributed by atoms with Gasteiger partial charge in [0, 0.05) is 23.3 Å². The highest BCUT2D eigenvalue weighted by Crippen LogP contribution is 2.29. The number of carbonyl (C=O) groups is 1. The molecule has 0 amide bonds. The molecule has 0 radical (unpaired) electrons. The zero-order chi connectivity index (χ0) is 25.3. The third-order valence-electron chi connectivity index (χ3n) is 5.59. The smallest absolute Gasteiger partial charge is 0.332 e. The summed E-state index contributed by atoms with van der Waals surface area (Å²) >= 11 is 2.91. The van der Waals surface area contributed by atoms with Gasteiger partial charge < -0.3 is 9.66 Å². The van der Waals surface area contributed by atoms with Gasteiger partial charge in [-0.3, -0.25) is 22.7 Å². The van der Waals surface area contributed by atoms with Crippen LogP contribution in [0.3, 0.4) is 0 Å². The number of benzene rings is 3. The van der Waals surface area contributed by atoms with E-state index < -0.39 is 41.1 Å². The molecule has 2 atom stereocenters. The molecule has 0 saturated carbocycles. The quantitative estimate of drug-likeness (QED) is 0.379. The summed E-state index contributed by atoms with van der Waals surface area (Å²) in [6.45, 7) is 0. The van der Waals surface area contributed by atoms with Crippen LogP contribution in [0.15, 0.2) is 82.4 Å². The van der Waals surface area contributed by atoms with Crippen LogP contribution >= 0.6 is 11.6 Å². The van der Waals surface area contributed by atoms with E-state index in [9.17, 15) is 28.3 Å². The molecule has 4 rings (SSSR count). The van der Waals surface area contributed by atoms with E-state index in [1.165, 1.54) is 29.8 Å². The van der Waals surface area contributed by atoms with Crippen molar-refractivity contribution in [3.8, 4) is 11.1 Å². The van der Waals surface area contributed by atoms with Crippen molar-refractivity contribution >= 4 is 45.4 Å². The largest absolute Gasteiger partial charge is 0.755 e. The number of fused-ring (bicyclic) bond motifs is 1. The van der Waals surface area contributed by atoms with Gasteiger partial charge in [0.15, 0.2) is 0 Å². The number of carboxylic acid groups (broad SMARTS) is 1. The first kappa shape index (κ1) is 24.4. The summed E-state index contributed by atoms with van der Waals surface area (Å²) in [5, 5.41) is 10.3. The minimum Gasteiger partial charge on any atom is -0.755 e. The van der Waals surface area contributed by atoms with Crippen molar-refractivity contribution in [1.82, 2.24) is 9.13 Å². The second-order valence-electron chi connectivity index (χ2n) is 7.71. The zero-order valence-corrected chi connectivity index (χ0v) is 19.9. The summed E-state index contributed by atoms with van der Waals surface area (Å²) in [4.78, 5) is 38.1. The Labute approximate surface area is 206 Å². The highest BCUT2D eigenvalue weighted by atomic mass is 35.5. The lowest BCUT2D eigenvalue weighted by Gasteiger charge is -2.34. The van der Waals surface area contributed by atoms with Crippen molar-refractivity contribution in [2.45, 2.75) is 12.6 Å². The first-order chi connectivity index (χ1) is 16.7. The van der Waals surface area contributed by atoms with Crippen LogP contribution in [0.1, 0.15) is 12.6 Å².